The fraction of sp³-hybridized carbons (Fsp3) is 0.0952. The minimum absolute atomic E-state index is 0.105. The number of anilines is 1. The smallest absolute Gasteiger partial charge is 0.296 e. The average molecular weight is 564 g/mol. The largest absolute Gasteiger partial charge is 0.324 e. The molecule has 0 radical (unpaired) electrons. The summed E-state index contributed by atoms with van der Waals surface area (Å²) in [6, 6.07) is 13.1. The van der Waals surface area contributed by atoms with Crippen LogP contribution in [-0.4, -0.2) is 27.3 Å². The molecule has 3 rings (SSSR count). The Morgan fingerprint density at radius 3 is 2.18 bits per heavy atom. The summed E-state index contributed by atoms with van der Waals surface area (Å²) in [5.74, 6) is -1.29. The molecule has 34 heavy (non-hydrogen) atoms. The van der Waals surface area contributed by atoms with Gasteiger partial charge in [0.25, 0.3) is 10.1 Å². The standard InChI is InChI=1S/C21H17Cl3N2O6S2/c1-11(21(27)26-17-10-14(22)9-16(23)20(17)33(25,28)29)12-5-7-13(8-6-12)15-3-2-4-18(19(15)24)34(30,31)32/h2-11H,1H3,(H,26,27)(H2,25,28,29)(H,30,31,32). The second-order valence-corrected chi connectivity index (χ2v) is 11.3. The fourth-order valence-corrected chi connectivity index (χ4v) is 5.90. The van der Waals surface area contributed by atoms with E-state index in [1.807, 2.05) is 0 Å². The molecule has 0 heterocycles. The third-order valence-electron chi connectivity index (χ3n) is 4.91. The first-order chi connectivity index (χ1) is 15.7. The van der Waals surface area contributed by atoms with Gasteiger partial charge in [0.1, 0.15) is 9.79 Å². The molecule has 1 atom stereocenters. The van der Waals surface area contributed by atoms with Crippen molar-refractivity contribution in [2.45, 2.75) is 22.6 Å². The van der Waals surface area contributed by atoms with Crippen LogP contribution in [0.1, 0.15) is 18.4 Å². The van der Waals surface area contributed by atoms with Crippen LogP contribution in [-0.2, 0) is 24.9 Å². The first-order valence-corrected chi connectivity index (χ1v) is 13.5. The van der Waals surface area contributed by atoms with Crippen LogP contribution in [0.15, 0.2) is 64.4 Å². The lowest BCUT2D eigenvalue weighted by Gasteiger charge is -2.16. The van der Waals surface area contributed by atoms with E-state index in [-0.39, 0.29) is 20.8 Å². The Bertz CT molecular complexity index is 1490. The number of hydrogen-bond donors (Lipinski definition) is 3. The lowest BCUT2D eigenvalue weighted by atomic mass is 9.97. The lowest BCUT2D eigenvalue weighted by Crippen LogP contribution is -2.22. The van der Waals surface area contributed by atoms with E-state index in [4.69, 9.17) is 39.9 Å². The van der Waals surface area contributed by atoms with Gasteiger partial charge in [0.2, 0.25) is 15.9 Å². The van der Waals surface area contributed by atoms with E-state index in [1.165, 1.54) is 24.3 Å². The average Bonchev–Trinajstić information content (AvgIpc) is 2.71. The van der Waals surface area contributed by atoms with Crippen LogP contribution in [0.25, 0.3) is 11.1 Å². The van der Waals surface area contributed by atoms with Crippen LogP contribution in [0.2, 0.25) is 15.1 Å². The lowest BCUT2D eigenvalue weighted by molar-refractivity contribution is -0.117. The van der Waals surface area contributed by atoms with Crippen LogP contribution in [0.3, 0.4) is 0 Å². The molecule has 0 saturated heterocycles. The van der Waals surface area contributed by atoms with E-state index in [0.717, 1.165) is 0 Å². The number of halogens is 3. The van der Waals surface area contributed by atoms with Gasteiger partial charge >= 0.3 is 0 Å². The molecule has 0 fully saturated rings. The Morgan fingerprint density at radius 2 is 1.62 bits per heavy atom. The van der Waals surface area contributed by atoms with Gasteiger partial charge in [-0.15, -0.1) is 0 Å². The van der Waals surface area contributed by atoms with E-state index >= 15 is 0 Å². The van der Waals surface area contributed by atoms with Crippen LogP contribution in [0.4, 0.5) is 5.69 Å². The molecular weight excluding hydrogens is 547 g/mol. The van der Waals surface area contributed by atoms with Crippen molar-refractivity contribution in [3.8, 4) is 11.1 Å². The van der Waals surface area contributed by atoms with Crippen molar-refractivity contribution in [1.82, 2.24) is 0 Å². The SMILES string of the molecule is CC(C(=O)Nc1cc(Cl)cc(Cl)c1S(N)(=O)=O)c1ccc(-c2cccc(S(=O)(=O)O)c2Cl)cc1. The second-order valence-electron chi connectivity index (χ2n) is 7.24. The van der Waals surface area contributed by atoms with Crippen molar-refractivity contribution in [2.75, 3.05) is 5.32 Å². The van der Waals surface area contributed by atoms with Crippen molar-refractivity contribution in [2.24, 2.45) is 5.14 Å². The van der Waals surface area contributed by atoms with Crippen LogP contribution in [0, 0.1) is 0 Å². The number of nitrogens with two attached hydrogens (primary N) is 1. The third-order valence-corrected chi connectivity index (χ3v) is 7.96. The number of carbonyl (C=O) groups is 1. The number of carbonyl (C=O) groups excluding carboxylic acids is 1. The highest BCUT2D eigenvalue weighted by molar-refractivity contribution is 7.89. The van der Waals surface area contributed by atoms with Crippen molar-refractivity contribution < 1.29 is 26.2 Å². The first kappa shape index (κ1) is 26.4. The molecule has 0 aliphatic rings. The normalized spacial score (nSPS) is 12.9. The van der Waals surface area contributed by atoms with Gasteiger partial charge in [-0.2, -0.15) is 8.42 Å². The van der Waals surface area contributed by atoms with Gasteiger partial charge in [0.05, 0.1) is 21.7 Å². The Kier molecular flexibility index (Phi) is 7.63. The highest BCUT2D eigenvalue weighted by Gasteiger charge is 2.24. The van der Waals surface area contributed by atoms with E-state index in [2.05, 4.69) is 5.32 Å². The molecule has 13 heteroatoms. The van der Waals surface area contributed by atoms with Crippen molar-refractivity contribution in [3.05, 3.63) is 75.2 Å². The van der Waals surface area contributed by atoms with Gasteiger partial charge in [-0.1, -0.05) is 71.2 Å². The van der Waals surface area contributed by atoms with Crippen molar-refractivity contribution in [3.63, 3.8) is 0 Å². The molecule has 3 aromatic rings. The Morgan fingerprint density at radius 1 is 1.00 bits per heavy atom. The van der Waals surface area contributed by atoms with Crippen LogP contribution >= 0.6 is 34.8 Å². The summed E-state index contributed by atoms with van der Waals surface area (Å²) in [6.45, 7) is 1.60. The monoisotopic (exact) mass is 562 g/mol. The number of benzene rings is 3. The molecular formula is C21H17Cl3N2O6S2. The highest BCUT2D eigenvalue weighted by Crippen LogP contribution is 2.35. The molecule has 0 spiro atoms. The topological polar surface area (TPSA) is 144 Å². The Hall–Kier alpha value is -2.18. The van der Waals surface area contributed by atoms with E-state index in [0.29, 0.717) is 16.7 Å². The van der Waals surface area contributed by atoms with E-state index < -0.39 is 41.8 Å². The Balaban J connectivity index is 1.90. The van der Waals surface area contributed by atoms with Crippen molar-refractivity contribution >= 4 is 66.5 Å². The van der Waals surface area contributed by atoms with Gasteiger partial charge in [0, 0.05) is 10.6 Å². The van der Waals surface area contributed by atoms with Gasteiger partial charge in [0.15, 0.2) is 0 Å². The van der Waals surface area contributed by atoms with E-state index in [1.54, 1.807) is 37.3 Å². The maximum absolute atomic E-state index is 12.8. The maximum Gasteiger partial charge on any atom is 0.296 e. The molecule has 0 bridgehead atoms. The summed E-state index contributed by atoms with van der Waals surface area (Å²) >= 11 is 18.1. The molecule has 0 aliphatic carbocycles. The number of sulfonamides is 1. The molecule has 3 aromatic carbocycles. The molecule has 1 unspecified atom stereocenters. The summed E-state index contributed by atoms with van der Waals surface area (Å²) in [6.07, 6.45) is 0. The van der Waals surface area contributed by atoms with Gasteiger partial charge in [-0.25, -0.2) is 13.6 Å². The van der Waals surface area contributed by atoms with Crippen LogP contribution < -0.4 is 10.5 Å². The Labute approximate surface area is 211 Å². The third kappa shape index (κ3) is 5.72. The number of rotatable bonds is 6. The van der Waals surface area contributed by atoms with Crippen molar-refractivity contribution in [1.29, 1.82) is 0 Å². The molecule has 8 nitrogen and oxygen atoms in total. The summed E-state index contributed by atoms with van der Waals surface area (Å²) in [5.41, 5.74) is 1.33. The number of primary sulfonamides is 1. The zero-order chi connectivity index (χ0) is 25.4. The van der Waals surface area contributed by atoms with Gasteiger partial charge < -0.3 is 5.32 Å². The highest BCUT2D eigenvalue weighted by atomic mass is 35.5. The molecule has 1 amide bonds. The number of nitrogens with one attached hydrogen (secondary N) is 1. The zero-order valence-corrected chi connectivity index (χ0v) is 21.2. The summed E-state index contributed by atoms with van der Waals surface area (Å²) in [7, 11) is -8.75. The van der Waals surface area contributed by atoms with Crippen LogP contribution in [0.5, 0.6) is 0 Å². The molecule has 0 aromatic heterocycles. The predicted molar refractivity (Wildman–Crippen MR) is 132 cm³/mol. The second kappa shape index (κ2) is 9.82. The minimum Gasteiger partial charge on any atom is -0.324 e. The van der Waals surface area contributed by atoms with Gasteiger partial charge in [-0.05, 0) is 36.2 Å². The summed E-state index contributed by atoms with van der Waals surface area (Å²) in [4.78, 5) is 12.0. The summed E-state index contributed by atoms with van der Waals surface area (Å²) in [5, 5.41) is 7.45. The number of amides is 1. The summed E-state index contributed by atoms with van der Waals surface area (Å²) < 4.78 is 56.2. The number of hydrogen-bond acceptors (Lipinski definition) is 5. The minimum atomic E-state index is -4.50. The molecule has 0 aliphatic heterocycles. The maximum atomic E-state index is 12.8. The van der Waals surface area contributed by atoms with Gasteiger partial charge in [-0.3, -0.25) is 9.35 Å². The predicted octanol–water partition coefficient (Wildman–Crippen LogP) is 4.95. The zero-order valence-electron chi connectivity index (χ0n) is 17.3. The fourth-order valence-electron chi connectivity index (χ4n) is 3.22. The molecule has 4 N–H and O–H groups in total. The molecule has 0 saturated carbocycles. The first-order valence-electron chi connectivity index (χ1n) is 9.39. The molecule has 180 valence electrons. The quantitative estimate of drug-likeness (QED) is 0.362. The van der Waals surface area contributed by atoms with E-state index in [9.17, 15) is 26.2 Å².